The Bertz CT molecular complexity index is 486. The van der Waals surface area contributed by atoms with Crippen molar-refractivity contribution in [1.29, 1.82) is 0 Å². The van der Waals surface area contributed by atoms with Gasteiger partial charge in [-0.25, -0.2) is 4.79 Å². The summed E-state index contributed by atoms with van der Waals surface area (Å²) in [7, 11) is 0. The number of hydrogen-bond acceptors (Lipinski definition) is 4. The predicted molar refractivity (Wildman–Crippen MR) is 82.5 cm³/mol. The Kier molecular flexibility index (Phi) is 6.66. The molecule has 5 nitrogen and oxygen atoms in total. The van der Waals surface area contributed by atoms with E-state index < -0.39 is 17.9 Å². The highest BCUT2D eigenvalue weighted by Gasteiger charge is 2.17. The van der Waals surface area contributed by atoms with E-state index in [4.69, 9.17) is 10.8 Å². The molecule has 0 aromatic heterocycles. The minimum Gasteiger partial charge on any atom is -0.480 e. The van der Waals surface area contributed by atoms with E-state index in [0.717, 1.165) is 5.56 Å². The van der Waals surface area contributed by atoms with Crippen molar-refractivity contribution in [2.75, 3.05) is 17.7 Å². The molecule has 0 fully saturated rings. The van der Waals surface area contributed by atoms with Gasteiger partial charge in [-0.15, -0.1) is 0 Å². The normalized spacial score (nSPS) is 12.2. The maximum absolute atomic E-state index is 11.7. The zero-order valence-corrected chi connectivity index (χ0v) is 12.0. The van der Waals surface area contributed by atoms with E-state index in [1.54, 1.807) is 42.1 Å². The molecule has 6 heteroatoms. The Morgan fingerprint density at radius 2 is 2.05 bits per heavy atom. The average Bonchev–Trinajstić information content (AvgIpc) is 2.42. The minimum absolute atomic E-state index is 0.401. The van der Waals surface area contributed by atoms with Gasteiger partial charge < -0.3 is 16.2 Å². The van der Waals surface area contributed by atoms with Crippen molar-refractivity contribution in [3.63, 3.8) is 0 Å². The second-order valence-electron chi connectivity index (χ2n) is 4.18. The standard InChI is InChI=1S/C14H18N2O3S/c1-20-9-8-12(14(18)19)16-13(17)7-4-10-2-5-11(15)6-3-10/h2-7,12H,8-9,15H2,1H3,(H,16,17)(H,18,19)/b7-4+. The van der Waals surface area contributed by atoms with E-state index in [0.29, 0.717) is 17.9 Å². The van der Waals surface area contributed by atoms with Crippen LogP contribution in [0.25, 0.3) is 6.08 Å². The quantitative estimate of drug-likeness (QED) is 0.525. The monoisotopic (exact) mass is 294 g/mol. The average molecular weight is 294 g/mol. The van der Waals surface area contributed by atoms with Crippen LogP contribution < -0.4 is 11.1 Å². The van der Waals surface area contributed by atoms with Gasteiger partial charge in [0.1, 0.15) is 6.04 Å². The van der Waals surface area contributed by atoms with Gasteiger partial charge in [0, 0.05) is 11.8 Å². The summed E-state index contributed by atoms with van der Waals surface area (Å²) in [4.78, 5) is 22.7. The van der Waals surface area contributed by atoms with Crippen LogP contribution in [-0.2, 0) is 9.59 Å². The molecule has 0 spiro atoms. The number of aliphatic carboxylic acids is 1. The van der Waals surface area contributed by atoms with Crippen molar-refractivity contribution in [2.45, 2.75) is 12.5 Å². The Labute approximate surface area is 122 Å². The molecule has 1 amide bonds. The van der Waals surface area contributed by atoms with Crippen LogP contribution in [0, 0.1) is 0 Å². The predicted octanol–water partition coefficient (Wildman–Crippen LogP) is 1.60. The van der Waals surface area contributed by atoms with Crippen LogP contribution in [0.2, 0.25) is 0 Å². The molecule has 0 radical (unpaired) electrons. The number of carbonyl (C=O) groups is 2. The minimum atomic E-state index is -1.02. The molecule has 0 heterocycles. The van der Waals surface area contributed by atoms with Gasteiger partial charge in [0.2, 0.25) is 5.91 Å². The summed E-state index contributed by atoms with van der Waals surface area (Å²) in [5.41, 5.74) is 7.03. The smallest absolute Gasteiger partial charge is 0.326 e. The highest BCUT2D eigenvalue weighted by Crippen LogP contribution is 2.07. The summed E-state index contributed by atoms with van der Waals surface area (Å²) in [5.74, 6) is -0.762. The van der Waals surface area contributed by atoms with Gasteiger partial charge in [-0.3, -0.25) is 4.79 Å². The first kappa shape index (κ1) is 16.1. The van der Waals surface area contributed by atoms with Crippen LogP contribution >= 0.6 is 11.8 Å². The lowest BCUT2D eigenvalue weighted by Gasteiger charge is -2.12. The van der Waals surface area contributed by atoms with Crippen molar-refractivity contribution in [3.8, 4) is 0 Å². The Morgan fingerprint density at radius 3 is 2.60 bits per heavy atom. The molecule has 0 saturated carbocycles. The van der Waals surface area contributed by atoms with E-state index in [1.165, 1.54) is 6.08 Å². The van der Waals surface area contributed by atoms with Gasteiger partial charge in [0.15, 0.2) is 0 Å². The molecule has 4 N–H and O–H groups in total. The molecular weight excluding hydrogens is 276 g/mol. The summed E-state index contributed by atoms with van der Waals surface area (Å²) in [6, 6.07) is 6.17. The van der Waals surface area contributed by atoms with E-state index in [1.807, 2.05) is 6.26 Å². The molecule has 0 aliphatic heterocycles. The molecular formula is C14H18N2O3S. The largest absolute Gasteiger partial charge is 0.480 e. The number of carboxylic acids is 1. The molecule has 0 aliphatic rings. The van der Waals surface area contributed by atoms with Crippen LogP contribution in [-0.4, -0.2) is 35.0 Å². The third-order valence-electron chi connectivity index (χ3n) is 2.59. The van der Waals surface area contributed by atoms with Crippen molar-refractivity contribution in [3.05, 3.63) is 35.9 Å². The SMILES string of the molecule is CSCCC(NC(=O)/C=C/c1ccc(N)cc1)C(=O)O. The fourth-order valence-corrected chi connectivity index (χ4v) is 1.96. The molecule has 0 bridgehead atoms. The first-order valence-corrected chi connectivity index (χ1v) is 7.48. The fraction of sp³-hybridized carbons (Fsp3) is 0.286. The number of nitrogens with two attached hydrogens (primary N) is 1. The van der Waals surface area contributed by atoms with Crippen molar-refractivity contribution in [2.24, 2.45) is 0 Å². The number of benzene rings is 1. The summed E-state index contributed by atoms with van der Waals surface area (Å²) < 4.78 is 0. The van der Waals surface area contributed by atoms with Gasteiger partial charge in [0.25, 0.3) is 0 Å². The number of anilines is 1. The first-order chi connectivity index (χ1) is 9.52. The number of carboxylic acid groups (broad SMARTS) is 1. The molecule has 1 aromatic carbocycles. The number of rotatable bonds is 7. The maximum atomic E-state index is 11.7. The fourth-order valence-electron chi connectivity index (χ4n) is 1.49. The number of carbonyl (C=O) groups excluding carboxylic acids is 1. The number of hydrogen-bond donors (Lipinski definition) is 3. The summed E-state index contributed by atoms with van der Waals surface area (Å²) in [6.07, 6.45) is 5.22. The van der Waals surface area contributed by atoms with E-state index in [2.05, 4.69) is 5.32 Å². The number of nitrogen functional groups attached to an aromatic ring is 1. The lowest BCUT2D eigenvalue weighted by molar-refractivity contribution is -0.141. The van der Waals surface area contributed by atoms with E-state index in [-0.39, 0.29) is 0 Å². The molecule has 0 aliphatic carbocycles. The van der Waals surface area contributed by atoms with Gasteiger partial charge in [-0.1, -0.05) is 12.1 Å². The van der Waals surface area contributed by atoms with Crippen molar-refractivity contribution >= 4 is 35.4 Å². The van der Waals surface area contributed by atoms with Crippen molar-refractivity contribution < 1.29 is 14.7 Å². The molecule has 0 saturated heterocycles. The second kappa shape index (κ2) is 8.27. The van der Waals surface area contributed by atoms with Crippen LogP contribution in [0.5, 0.6) is 0 Å². The number of nitrogens with one attached hydrogen (secondary N) is 1. The summed E-state index contributed by atoms with van der Waals surface area (Å²) in [5, 5.41) is 11.5. The lowest BCUT2D eigenvalue weighted by Crippen LogP contribution is -2.40. The van der Waals surface area contributed by atoms with Crippen LogP contribution in [0.3, 0.4) is 0 Å². The van der Waals surface area contributed by atoms with Crippen molar-refractivity contribution in [1.82, 2.24) is 5.32 Å². The summed E-state index contributed by atoms with van der Waals surface area (Å²) >= 11 is 1.54. The van der Waals surface area contributed by atoms with Gasteiger partial charge in [-0.2, -0.15) is 11.8 Å². The molecule has 1 rings (SSSR count). The topological polar surface area (TPSA) is 92.4 Å². The molecule has 1 unspecified atom stereocenters. The lowest BCUT2D eigenvalue weighted by atomic mass is 10.2. The van der Waals surface area contributed by atoms with Crippen LogP contribution in [0.4, 0.5) is 5.69 Å². The van der Waals surface area contributed by atoms with E-state index in [9.17, 15) is 9.59 Å². The Balaban J connectivity index is 2.56. The van der Waals surface area contributed by atoms with E-state index >= 15 is 0 Å². The maximum Gasteiger partial charge on any atom is 0.326 e. The molecule has 1 atom stereocenters. The second-order valence-corrected chi connectivity index (χ2v) is 5.17. The van der Waals surface area contributed by atoms with Gasteiger partial charge >= 0.3 is 5.97 Å². The third kappa shape index (κ3) is 5.79. The molecule has 1 aromatic rings. The first-order valence-electron chi connectivity index (χ1n) is 6.09. The molecule has 108 valence electrons. The zero-order valence-electron chi connectivity index (χ0n) is 11.2. The highest BCUT2D eigenvalue weighted by atomic mass is 32.2. The molecule has 20 heavy (non-hydrogen) atoms. The number of thioether (sulfide) groups is 1. The summed E-state index contributed by atoms with van der Waals surface area (Å²) in [6.45, 7) is 0. The highest BCUT2D eigenvalue weighted by molar-refractivity contribution is 7.98. The zero-order chi connectivity index (χ0) is 15.0. The number of amides is 1. The Hall–Kier alpha value is -1.95. The van der Waals surface area contributed by atoms with Crippen LogP contribution in [0.15, 0.2) is 30.3 Å². The van der Waals surface area contributed by atoms with Crippen LogP contribution in [0.1, 0.15) is 12.0 Å². The Morgan fingerprint density at radius 1 is 1.40 bits per heavy atom. The third-order valence-corrected chi connectivity index (χ3v) is 3.23. The van der Waals surface area contributed by atoms with Gasteiger partial charge in [0.05, 0.1) is 0 Å². The van der Waals surface area contributed by atoms with Gasteiger partial charge in [-0.05, 0) is 42.2 Å².